The number of benzene rings is 1. The van der Waals surface area contributed by atoms with Gasteiger partial charge in [0.15, 0.2) is 10.7 Å². The number of carbonyl (C=O) groups excluding carboxylic acids is 1. The molecule has 3 rings (SSSR count). The van der Waals surface area contributed by atoms with Crippen molar-refractivity contribution in [3.63, 3.8) is 0 Å². The van der Waals surface area contributed by atoms with Crippen molar-refractivity contribution >= 4 is 34.4 Å². The number of hydrogen-bond donors (Lipinski definition) is 1. The fourth-order valence-electron chi connectivity index (χ4n) is 3.22. The summed E-state index contributed by atoms with van der Waals surface area (Å²) >= 11 is 1.27. The highest BCUT2D eigenvalue weighted by atomic mass is 32.2. The zero-order chi connectivity index (χ0) is 20.4. The molecule has 0 radical (unpaired) electrons. The molecule has 2 aromatic heterocycles. The maximum absolute atomic E-state index is 12.9. The molecule has 8 heteroatoms. The topological polar surface area (TPSA) is 81.8 Å². The van der Waals surface area contributed by atoms with Crippen LogP contribution in [0.25, 0.3) is 11.0 Å². The molecule has 0 bridgehead atoms. The molecule has 0 aliphatic heterocycles. The zero-order valence-corrected chi connectivity index (χ0v) is 17.7. The Morgan fingerprint density at radius 3 is 2.43 bits per heavy atom. The van der Waals surface area contributed by atoms with Gasteiger partial charge in [-0.05, 0) is 45.7 Å². The normalized spacial score (nSPS) is 11.2. The summed E-state index contributed by atoms with van der Waals surface area (Å²) < 4.78 is 3.29. The largest absolute Gasteiger partial charge is 0.325 e. The van der Waals surface area contributed by atoms with Crippen LogP contribution in [-0.2, 0) is 17.9 Å². The first-order valence-corrected chi connectivity index (χ1v) is 10.3. The number of rotatable bonds is 6. The highest BCUT2D eigenvalue weighted by Crippen LogP contribution is 2.22. The number of thioether (sulfide) groups is 1. The van der Waals surface area contributed by atoms with Crippen molar-refractivity contribution in [2.45, 2.75) is 52.9 Å². The van der Waals surface area contributed by atoms with Gasteiger partial charge in [0.1, 0.15) is 5.52 Å². The van der Waals surface area contributed by atoms with E-state index in [0.29, 0.717) is 29.3 Å². The van der Waals surface area contributed by atoms with Crippen LogP contribution in [0.4, 0.5) is 5.69 Å². The number of anilines is 1. The van der Waals surface area contributed by atoms with Crippen LogP contribution in [-0.4, -0.2) is 31.0 Å². The fourth-order valence-corrected chi connectivity index (χ4v) is 4.08. The third kappa shape index (κ3) is 3.69. The monoisotopic (exact) mass is 399 g/mol. The number of nitrogens with one attached hydrogen (secondary N) is 1. The molecule has 28 heavy (non-hydrogen) atoms. The average molecular weight is 400 g/mol. The van der Waals surface area contributed by atoms with Gasteiger partial charge in [0.2, 0.25) is 5.91 Å². The zero-order valence-electron chi connectivity index (χ0n) is 16.9. The third-order valence-electron chi connectivity index (χ3n) is 4.68. The number of amides is 1. The van der Waals surface area contributed by atoms with Crippen molar-refractivity contribution in [2.24, 2.45) is 0 Å². The Balaban J connectivity index is 1.87. The molecule has 3 aromatic rings. The maximum atomic E-state index is 12.9. The number of para-hydroxylation sites is 1. The van der Waals surface area contributed by atoms with Crippen LogP contribution in [0, 0.1) is 20.8 Å². The highest BCUT2D eigenvalue weighted by Gasteiger charge is 2.18. The molecule has 1 amide bonds. The van der Waals surface area contributed by atoms with E-state index < -0.39 is 0 Å². The Labute approximate surface area is 168 Å². The van der Waals surface area contributed by atoms with Gasteiger partial charge in [0.05, 0.1) is 11.4 Å². The van der Waals surface area contributed by atoms with E-state index in [4.69, 9.17) is 0 Å². The number of hydrogen-bond acceptors (Lipinski definition) is 5. The van der Waals surface area contributed by atoms with Crippen LogP contribution in [0.2, 0.25) is 0 Å². The molecular formula is C20H25N5O2S. The van der Waals surface area contributed by atoms with Crippen LogP contribution in [0.15, 0.2) is 28.2 Å². The van der Waals surface area contributed by atoms with Gasteiger partial charge in [-0.15, -0.1) is 0 Å². The molecule has 1 aromatic carbocycles. The van der Waals surface area contributed by atoms with Crippen molar-refractivity contribution in [3.05, 3.63) is 45.4 Å². The van der Waals surface area contributed by atoms with E-state index in [-0.39, 0.29) is 17.2 Å². The number of carbonyl (C=O) groups is 1. The van der Waals surface area contributed by atoms with Crippen molar-refractivity contribution in [3.8, 4) is 0 Å². The predicted molar refractivity (Wildman–Crippen MR) is 113 cm³/mol. The van der Waals surface area contributed by atoms with Crippen molar-refractivity contribution in [1.82, 2.24) is 19.3 Å². The molecular weight excluding hydrogens is 374 g/mol. The molecule has 0 unspecified atom stereocenters. The lowest BCUT2D eigenvalue weighted by molar-refractivity contribution is -0.113. The van der Waals surface area contributed by atoms with Crippen LogP contribution in [0.1, 0.15) is 30.7 Å². The fraction of sp³-hybridized carbons (Fsp3) is 0.400. The second kappa shape index (κ2) is 8.18. The Morgan fingerprint density at radius 1 is 1.14 bits per heavy atom. The summed E-state index contributed by atoms with van der Waals surface area (Å²) in [7, 11) is 0. The van der Waals surface area contributed by atoms with Crippen molar-refractivity contribution in [2.75, 3.05) is 11.1 Å². The Morgan fingerprint density at radius 2 is 1.82 bits per heavy atom. The van der Waals surface area contributed by atoms with E-state index in [9.17, 15) is 9.59 Å². The molecule has 1 N–H and O–H groups in total. The van der Waals surface area contributed by atoms with E-state index >= 15 is 0 Å². The molecule has 2 heterocycles. The van der Waals surface area contributed by atoms with Crippen molar-refractivity contribution < 1.29 is 4.79 Å². The number of aromatic nitrogens is 4. The Kier molecular flexibility index (Phi) is 5.88. The Bertz CT molecular complexity index is 1080. The molecule has 0 aliphatic rings. The summed E-state index contributed by atoms with van der Waals surface area (Å²) in [5, 5.41) is 7.92. The van der Waals surface area contributed by atoms with E-state index in [2.05, 4.69) is 15.4 Å². The van der Waals surface area contributed by atoms with Crippen LogP contribution < -0.4 is 10.9 Å². The summed E-state index contributed by atoms with van der Waals surface area (Å²) in [4.78, 5) is 30.1. The lowest BCUT2D eigenvalue weighted by Gasteiger charge is -2.13. The van der Waals surface area contributed by atoms with Crippen LogP contribution >= 0.6 is 11.8 Å². The maximum Gasteiger partial charge on any atom is 0.280 e. The first-order chi connectivity index (χ1) is 13.4. The first-order valence-electron chi connectivity index (χ1n) is 9.34. The molecule has 0 fully saturated rings. The molecule has 0 saturated heterocycles. The third-order valence-corrected chi connectivity index (χ3v) is 5.65. The quantitative estimate of drug-likeness (QED) is 0.508. The smallest absolute Gasteiger partial charge is 0.280 e. The summed E-state index contributed by atoms with van der Waals surface area (Å²) in [6.45, 7) is 10.7. The van der Waals surface area contributed by atoms with E-state index in [1.54, 1.807) is 9.25 Å². The minimum absolute atomic E-state index is 0.118. The summed E-state index contributed by atoms with van der Waals surface area (Å²) in [5.41, 5.74) is 4.61. The van der Waals surface area contributed by atoms with Gasteiger partial charge in [-0.3, -0.25) is 18.8 Å². The molecule has 0 saturated carbocycles. The summed E-state index contributed by atoms with van der Waals surface area (Å²) in [6, 6.07) is 5.90. The van der Waals surface area contributed by atoms with Crippen molar-refractivity contribution in [1.29, 1.82) is 0 Å². The molecule has 7 nitrogen and oxygen atoms in total. The Hall–Kier alpha value is -2.61. The van der Waals surface area contributed by atoms with Gasteiger partial charge in [0, 0.05) is 18.8 Å². The second-order valence-corrected chi connectivity index (χ2v) is 7.59. The minimum atomic E-state index is -0.125. The first kappa shape index (κ1) is 20.1. The number of aryl methyl sites for hydroxylation is 4. The predicted octanol–water partition coefficient (Wildman–Crippen LogP) is 3.29. The SMILES string of the molecule is CCn1c(SCC(=O)Nc2c(C)cccc2C)nc2c(C)nn(CC)c2c1=O. The molecule has 0 atom stereocenters. The van der Waals surface area contributed by atoms with Gasteiger partial charge in [-0.25, -0.2) is 4.98 Å². The lowest BCUT2D eigenvalue weighted by Crippen LogP contribution is -2.25. The number of fused-ring (bicyclic) bond motifs is 1. The van der Waals surface area contributed by atoms with Crippen LogP contribution in [0.5, 0.6) is 0 Å². The molecule has 0 spiro atoms. The molecule has 0 aliphatic carbocycles. The van der Waals surface area contributed by atoms with Gasteiger partial charge < -0.3 is 5.32 Å². The van der Waals surface area contributed by atoms with Gasteiger partial charge in [-0.2, -0.15) is 5.10 Å². The van der Waals surface area contributed by atoms with E-state index in [1.165, 1.54) is 11.8 Å². The van der Waals surface area contributed by atoms with Crippen LogP contribution in [0.3, 0.4) is 0 Å². The van der Waals surface area contributed by atoms with Gasteiger partial charge in [0.25, 0.3) is 5.56 Å². The standard InChI is InChI=1S/C20H25N5O2S/c1-6-24-19(27)18-17(14(5)23-25(18)7-2)22-20(24)28-11-15(26)21-16-12(3)9-8-10-13(16)4/h8-10H,6-7,11H2,1-5H3,(H,21,26). The second-order valence-electron chi connectivity index (χ2n) is 6.65. The number of nitrogens with zero attached hydrogens (tertiary/aromatic N) is 4. The minimum Gasteiger partial charge on any atom is -0.325 e. The summed E-state index contributed by atoms with van der Waals surface area (Å²) in [5.74, 6) is 0.0486. The van der Waals surface area contributed by atoms with E-state index in [1.807, 2.05) is 52.8 Å². The van der Waals surface area contributed by atoms with Gasteiger partial charge in [-0.1, -0.05) is 30.0 Å². The molecule has 148 valence electrons. The summed E-state index contributed by atoms with van der Waals surface area (Å²) in [6.07, 6.45) is 0. The lowest BCUT2D eigenvalue weighted by atomic mass is 10.1. The average Bonchev–Trinajstić information content (AvgIpc) is 2.99. The highest BCUT2D eigenvalue weighted by molar-refractivity contribution is 7.99. The van der Waals surface area contributed by atoms with E-state index in [0.717, 1.165) is 22.5 Å². The van der Waals surface area contributed by atoms with Gasteiger partial charge >= 0.3 is 0 Å².